The van der Waals surface area contributed by atoms with Crippen LogP contribution < -0.4 is 15.5 Å². The van der Waals surface area contributed by atoms with E-state index in [0.717, 1.165) is 34.1 Å². The molecule has 6 heteroatoms. The van der Waals surface area contributed by atoms with Crippen molar-refractivity contribution < 1.29 is 9.53 Å². The second-order valence-corrected chi connectivity index (χ2v) is 8.27. The van der Waals surface area contributed by atoms with Crippen LogP contribution in [0.25, 0.3) is 0 Å². The lowest BCUT2D eigenvalue weighted by molar-refractivity contribution is -0.116. The Kier molecular flexibility index (Phi) is 5.53. The zero-order valence-corrected chi connectivity index (χ0v) is 17.6. The molecule has 4 rings (SSSR count). The van der Waals surface area contributed by atoms with Crippen LogP contribution in [0.2, 0.25) is 0 Å². The fourth-order valence-electron chi connectivity index (χ4n) is 3.48. The first-order chi connectivity index (χ1) is 14.1. The molecule has 0 bridgehead atoms. The zero-order valence-electron chi connectivity index (χ0n) is 16.8. The van der Waals surface area contributed by atoms with Gasteiger partial charge in [-0.05, 0) is 60.9 Å². The van der Waals surface area contributed by atoms with Crippen LogP contribution in [0, 0.1) is 6.92 Å². The molecule has 29 heavy (non-hydrogen) atoms. The summed E-state index contributed by atoms with van der Waals surface area (Å²) in [5.74, 6) is 0.782. The number of aryl methyl sites for hydroxylation is 2. The molecule has 0 saturated carbocycles. The van der Waals surface area contributed by atoms with Gasteiger partial charge in [-0.25, -0.2) is 0 Å². The van der Waals surface area contributed by atoms with Gasteiger partial charge in [0.1, 0.15) is 11.0 Å². The summed E-state index contributed by atoms with van der Waals surface area (Å²) in [4.78, 5) is 13.2. The van der Waals surface area contributed by atoms with E-state index in [2.05, 4.69) is 47.5 Å². The van der Waals surface area contributed by atoms with Crippen molar-refractivity contribution in [3.8, 4) is 5.75 Å². The molecule has 0 saturated heterocycles. The van der Waals surface area contributed by atoms with Crippen LogP contribution in [0.15, 0.2) is 65.7 Å². The second-order valence-electron chi connectivity index (χ2n) is 7.11. The van der Waals surface area contributed by atoms with Gasteiger partial charge >= 0.3 is 0 Å². The second kappa shape index (κ2) is 8.25. The van der Waals surface area contributed by atoms with Crippen molar-refractivity contribution in [3.63, 3.8) is 0 Å². The quantitative estimate of drug-likeness (QED) is 0.640. The molecule has 2 unspecified atom stereocenters. The average Bonchev–Trinajstić information content (AvgIpc) is 3.13. The van der Waals surface area contributed by atoms with E-state index < -0.39 is 0 Å². The Balaban J connectivity index is 1.62. The number of benzene rings is 2. The van der Waals surface area contributed by atoms with Crippen LogP contribution in [0.4, 0.5) is 5.69 Å². The number of aromatic nitrogens is 1. The van der Waals surface area contributed by atoms with Gasteiger partial charge in [0.05, 0.1) is 18.2 Å². The highest BCUT2D eigenvalue weighted by Gasteiger charge is 2.36. The maximum absolute atomic E-state index is 13.2. The molecule has 1 aliphatic heterocycles. The molecule has 0 radical (unpaired) electrons. The molecule has 2 N–H and O–H groups in total. The molecular formula is C23H25N3O2S. The highest BCUT2D eigenvalue weighted by Crippen LogP contribution is 2.39. The van der Waals surface area contributed by atoms with Gasteiger partial charge in [-0.2, -0.15) is 0 Å². The molecule has 1 aromatic heterocycles. The summed E-state index contributed by atoms with van der Waals surface area (Å²) in [7, 11) is 1.65. The number of anilines is 1. The molecule has 1 aliphatic rings. The molecule has 2 aromatic carbocycles. The van der Waals surface area contributed by atoms with Crippen molar-refractivity contribution in [1.82, 2.24) is 4.68 Å². The number of carbonyl (C=O) groups is 1. The summed E-state index contributed by atoms with van der Waals surface area (Å²) in [6.45, 7) is 4.17. The van der Waals surface area contributed by atoms with E-state index >= 15 is 0 Å². The summed E-state index contributed by atoms with van der Waals surface area (Å²) in [6, 6.07) is 19.9. The lowest BCUT2D eigenvalue weighted by Crippen LogP contribution is -2.41. The molecular weight excluding hydrogens is 382 g/mol. The third kappa shape index (κ3) is 3.98. The van der Waals surface area contributed by atoms with E-state index in [1.54, 1.807) is 18.9 Å². The normalized spacial score (nSPS) is 17.9. The van der Waals surface area contributed by atoms with Gasteiger partial charge < -0.3 is 15.5 Å². The van der Waals surface area contributed by atoms with Gasteiger partial charge in [0, 0.05) is 11.4 Å². The van der Waals surface area contributed by atoms with Crippen LogP contribution in [0.1, 0.15) is 29.8 Å². The third-order valence-electron chi connectivity index (χ3n) is 5.22. The predicted octanol–water partition coefficient (Wildman–Crippen LogP) is 4.77. The summed E-state index contributed by atoms with van der Waals surface area (Å²) >= 11 is 1.58. The van der Waals surface area contributed by atoms with Gasteiger partial charge in [0.15, 0.2) is 0 Å². The SMILES string of the molecule is CCc1ccc(NC(=O)C2Sc3ccc(C)n3NC2c2ccc(OC)cc2)cc1. The third-order valence-corrected chi connectivity index (χ3v) is 6.52. The minimum absolute atomic E-state index is 0.0160. The van der Waals surface area contributed by atoms with Crippen molar-refractivity contribution in [3.05, 3.63) is 77.5 Å². The van der Waals surface area contributed by atoms with Gasteiger partial charge in [0.2, 0.25) is 5.91 Å². The number of nitrogens with one attached hydrogen (secondary N) is 2. The predicted molar refractivity (Wildman–Crippen MR) is 118 cm³/mol. The van der Waals surface area contributed by atoms with E-state index in [0.29, 0.717) is 0 Å². The fraction of sp³-hybridized carbons (Fsp3) is 0.261. The van der Waals surface area contributed by atoms with E-state index in [4.69, 9.17) is 4.74 Å². The van der Waals surface area contributed by atoms with E-state index in [1.165, 1.54) is 5.56 Å². The van der Waals surface area contributed by atoms with Gasteiger partial charge in [-0.3, -0.25) is 9.47 Å². The summed E-state index contributed by atoms with van der Waals surface area (Å²) < 4.78 is 7.34. The van der Waals surface area contributed by atoms with Crippen LogP contribution >= 0.6 is 11.8 Å². The minimum atomic E-state index is -0.309. The monoisotopic (exact) mass is 407 g/mol. The number of methoxy groups -OCH3 is 1. The van der Waals surface area contributed by atoms with Crippen LogP contribution in [0.3, 0.4) is 0 Å². The highest BCUT2D eigenvalue weighted by molar-refractivity contribution is 8.00. The van der Waals surface area contributed by atoms with Gasteiger partial charge in [0.25, 0.3) is 0 Å². The summed E-state index contributed by atoms with van der Waals surface area (Å²) in [6.07, 6.45) is 0.979. The van der Waals surface area contributed by atoms with E-state index in [1.807, 2.05) is 42.5 Å². The maximum Gasteiger partial charge on any atom is 0.240 e. The number of amides is 1. The number of rotatable bonds is 5. The van der Waals surface area contributed by atoms with E-state index in [-0.39, 0.29) is 17.2 Å². The fourth-order valence-corrected chi connectivity index (χ4v) is 4.71. The summed E-state index contributed by atoms with van der Waals surface area (Å²) in [5, 5.41) is 3.82. The first-order valence-corrected chi connectivity index (χ1v) is 10.6. The molecule has 2 atom stereocenters. The Hall–Kier alpha value is -2.86. The first-order valence-electron chi connectivity index (χ1n) is 9.74. The Morgan fingerprint density at radius 3 is 2.48 bits per heavy atom. The molecule has 2 heterocycles. The topological polar surface area (TPSA) is 55.3 Å². The standard InChI is InChI=1S/C23H25N3O2S/c1-4-16-6-10-18(11-7-16)24-23(27)22-21(17-8-12-19(28-3)13-9-17)25-26-15(2)5-14-20(26)29-22/h5-14,21-22,25H,4H2,1-3H3,(H,24,27). The molecule has 3 aromatic rings. The van der Waals surface area contributed by atoms with Crippen molar-refractivity contribution >= 4 is 23.4 Å². The number of nitrogens with zero attached hydrogens (tertiary/aromatic N) is 1. The van der Waals surface area contributed by atoms with Crippen LogP contribution in [0.5, 0.6) is 5.75 Å². The molecule has 0 fully saturated rings. The Labute approximate surface area is 175 Å². The Morgan fingerprint density at radius 2 is 1.83 bits per heavy atom. The van der Waals surface area contributed by atoms with Gasteiger partial charge in [-0.1, -0.05) is 43.0 Å². The smallest absolute Gasteiger partial charge is 0.240 e. The average molecular weight is 408 g/mol. The van der Waals surface area contributed by atoms with E-state index in [9.17, 15) is 4.79 Å². The lowest BCUT2D eigenvalue weighted by atomic mass is 10.0. The van der Waals surface area contributed by atoms with Crippen molar-refractivity contribution in [2.45, 2.75) is 36.6 Å². The molecule has 150 valence electrons. The molecule has 1 amide bonds. The maximum atomic E-state index is 13.2. The summed E-state index contributed by atoms with van der Waals surface area (Å²) in [5.41, 5.74) is 7.75. The van der Waals surface area contributed by atoms with Crippen molar-refractivity contribution in [2.24, 2.45) is 0 Å². The minimum Gasteiger partial charge on any atom is -0.497 e. The molecule has 5 nitrogen and oxygen atoms in total. The Bertz CT molecular complexity index is 996. The zero-order chi connectivity index (χ0) is 20.4. The Morgan fingerprint density at radius 1 is 1.10 bits per heavy atom. The molecule has 0 spiro atoms. The number of hydrogen-bond acceptors (Lipinski definition) is 4. The van der Waals surface area contributed by atoms with Gasteiger partial charge in [-0.15, -0.1) is 0 Å². The first kappa shape index (κ1) is 19.5. The number of thioether (sulfide) groups is 1. The highest BCUT2D eigenvalue weighted by atomic mass is 32.2. The number of fused-ring (bicyclic) bond motifs is 1. The number of ether oxygens (including phenoxy) is 1. The lowest BCUT2D eigenvalue weighted by Gasteiger charge is -2.34. The van der Waals surface area contributed by atoms with Crippen LogP contribution in [-0.2, 0) is 11.2 Å². The molecule has 0 aliphatic carbocycles. The van der Waals surface area contributed by atoms with Crippen LogP contribution in [-0.4, -0.2) is 22.9 Å². The number of carbonyl (C=O) groups excluding carboxylic acids is 1. The van der Waals surface area contributed by atoms with Crippen molar-refractivity contribution in [1.29, 1.82) is 0 Å². The van der Waals surface area contributed by atoms with Crippen molar-refractivity contribution in [2.75, 3.05) is 17.9 Å². The largest absolute Gasteiger partial charge is 0.497 e. The number of hydrogen-bond donors (Lipinski definition) is 2.